The molecular weight excluding hydrogens is 224 g/mol. The number of halogens is 1. The molecule has 0 aliphatic heterocycles. The van der Waals surface area contributed by atoms with Crippen LogP contribution in [-0.2, 0) is 13.1 Å². The molecule has 16 heavy (non-hydrogen) atoms. The zero-order valence-corrected chi connectivity index (χ0v) is 10.9. The van der Waals surface area contributed by atoms with E-state index in [1.165, 1.54) is 0 Å². The third kappa shape index (κ3) is 3.52. The Kier molecular flexibility index (Phi) is 5.32. The number of hydrogen-bond acceptors (Lipinski definition) is 2. The van der Waals surface area contributed by atoms with Crippen molar-refractivity contribution in [3.8, 4) is 0 Å². The van der Waals surface area contributed by atoms with Crippen LogP contribution in [0.2, 0.25) is 0 Å². The fourth-order valence-corrected chi connectivity index (χ4v) is 1.73. The number of aliphatic imine (C=N–C) groups is 1. The van der Waals surface area contributed by atoms with Crippen molar-refractivity contribution in [2.24, 2.45) is 4.99 Å². The predicted molar refractivity (Wildman–Crippen MR) is 68.1 cm³/mol. The second kappa shape index (κ2) is 6.53. The van der Waals surface area contributed by atoms with E-state index >= 15 is 0 Å². The van der Waals surface area contributed by atoms with Gasteiger partial charge in [-0.1, -0.05) is 0 Å². The second-order valence-electron chi connectivity index (χ2n) is 3.58. The van der Waals surface area contributed by atoms with Crippen LogP contribution in [0.4, 0.5) is 0 Å². The normalized spacial score (nSPS) is 11.9. The first-order valence-electron chi connectivity index (χ1n) is 5.52. The molecule has 0 unspecified atom stereocenters. The van der Waals surface area contributed by atoms with Crippen LogP contribution in [0.25, 0.3) is 0 Å². The highest BCUT2D eigenvalue weighted by Gasteiger charge is 2.07. The molecule has 1 rings (SSSR count). The van der Waals surface area contributed by atoms with Crippen molar-refractivity contribution in [3.05, 3.63) is 18.2 Å². The zero-order valence-electron chi connectivity index (χ0n) is 10.1. The van der Waals surface area contributed by atoms with Gasteiger partial charge in [0.25, 0.3) is 0 Å². The van der Waals surface area contributed by atoms with Crippen LogP contribution in [0, 0.1) is 0 Å². The van der Waals surface area contributed by atoms with Crippen LogP contribution >= 0.6 is 11.6 Å². The van der Waals surface area contributed by atoms with Crippen LogP contribution in [0.5, 0.6) is 0 Å². The molecule has 1 heterocycles. The lowest BCUT2D eigenvalue weighted by atomic mass is 10.4. The fourth-order valence-electron chi connectivity index (χ4n) is 1.44. The van der Waals surface area contributed by atoms with Gasteiger partial charge in [0.1, 0.15) is 5.84 Å². The third-order valence-corrected chi connectivity index (χ3v) is 2.59. The van der Waals surface area contributed by atoms with Crippen LogP contribution in [0.15, 0.2) is 17.5 Å². The van der Waals surface area contributed by atoms with Gasteiger partial charge in [-0.25, -0.2) is 4.98 Å². The molecule has 1 aromatic rings. The minimum Gasteiger partial charge on any atom is -0.356 e. The molecular formula is C11H19ClN4. The van der Waals surface area contributed by atoms with Crippen molar-refractivity contribution in [2.45, 2.75) is 26.9 Å². The second-order valence-corrected chi connectivity index (χ2v) is 3.84. The Labute approximate surface area is 102 Å². The van der Waals surface area contributed by atoms with Crippen molar-refractivity contribution < 1.29 is 0 Å². The molecule has 0 amide bonds. The molecule has 0 radical (unpaired) electrons. The largest absolute Gasteiger partial charge is 0.356 e. The summed E-state index contributed by atoms with van der Waals surface area (Å²) in [5, 5.41) is 0. The SMILES string of the molecule is CCN=C(CCl)N(C)Cc1cn(CC)cn1. The Balaban J connectivity index is 2.62. The number of imidazole rings is 1. The molecule has 0 N–H and O–H groups in total. The molecule has 4 nitrogen and oxygen atoms in total. The molecule has 0 bridgehead atoms. The number of rotatable bonds is 5. The van der Waals surface area contributed by atoms with Gasteiger partial charge in [-0.15, -0.1) is 11.6 Å². The predicted octanol–water partition coefficient (Wildman–Crippen LogP) is 1.99. The summed E-state index contributed by atoms with van der Waals surface area (Å²) < 4.78 is 2.06. The standard InChI is InChI=1S/C11H19ClN4/c1-4-13-11(6-12)15(3)7-10-8-16(5-2)9-14-10/h8-9H,4-7H2,1-3H3. The maximum atomic E-state index is 5.84. The van der Waals surface area contributed by atoms with E-state index in [2.05, 4.69) is 21.5 Å². The van der Waals surface area contributed by atoms with Gasteiger partial charge in [0.2, 0.25) is 0 Å². The molecule has 0 aromatic carbocycles. The van der Waals surface area contributed by atoms with E-state index in [0.29, 0.717) is 5.88 Å². The Bertz CT molecular complexity index is 346. The van der Waals surface area contributed by atoms with Crippen molar-refractivity contribution >= 4 is 17.4 Å². The Morgan fingerprint density at radius 3 is 2.81 bits per heavy atom. The van der Waals surface area contributed by atoms with Gasteiger partial charge < -0.3 is 9.47 Å². The van der Waals surface area contributed by atoms with E-state index in [1.54, 1.807) is 0 Å². The molecule has 0 spiro atoms. The Morgan fingerprint density at radius 2 is 2.31 bits per heavy atom. The monoisotopic (exact) mass is 242 g/mol. The van der Waals surface area contributed by atoms with Gasteiger partial charge in [-0.05, 0) is 13.8 Å². The van der Waals surface area contributed by atoms with Crippen molar-refractivity contribution in [1.82, 2.24) is 14.5 Å². The molecule has 0 atom stereocenters. The van der Waals surface area contributed by atoms with E-state index in [4.69, 9.17) is 11.6 Å². The summed E-state index contributed by atoms with van der Waals surface area (Å²) in [6, 6.07) is 0. The van der Waals surface area contributed by atoms with Crippen molar-refractivity contribution in [2.75, 3.05) is 19.5 Å². The summed E-state index contributed by atoms with van der Waals surface area (Å²) in [6.45, 7) is 6.56. The summed E-state index contributed by atoms with van der Waals surface area (Å²) in [5.74, 6) is 1.36. The van der Waals surface area contributed by atoms with Crippen LogP contribution < -0.4 is 0 Å². The van der Waals surface area contributed by atoms with Crippen LogP contribution in [0.1, 0.15) is 19.5 Å². The lowest BCUT2D eigenvalue weighted by Crippen LogP contribution is -2.28. The first-order chi connectivity index (χ1) is 7.71. The van der Waals surface area contributed by atoms with Crippen molar-refractivity contribution in [3.63, 3.8) is 0 Å². The number of aryl methyl sites for hydroxylation is 1. The summed E-state index contributed by atoms with van der Waals surface area (Å²) in [7, 11) is 1.99. The molecule has 0 saturated carbocycles. The summed E-state index contributed by atoms with van der Waals surface area (Å²) in [6.07, 6.45) is 3.90. The Morgan fingerprint density at radius 1 is 1.56 bits per heavy atom. The van der Waals surface area contributed by atoms with Gasteiger partial charge in [0, 0.05) is 26.3 Å². The van der Waals surface area contributed by atoms with Gasteiger partial charge in [-0.3, -0.25) is 4.99 Å². The molecule has 0 saturated heterocycles. The number of alkyl halides is 1. The highest BCUT2D eigenvalue weighted by molar-refractivity contribution is 6.28. The quantitative estimate of drug-likeness (QED) is 0.450. The summed E-state index contributed by atoms with van der Waals surface area (Å²) in [4.78, 5) is 10.7. The first kappa shape index (κ1) is 13.0. The summed E-state index contributed by atoms with van der Waals surface area (Å²) in [5.41, 5.74) is 1.04. The van der Waals surface area contributed by atoms with E-state index in [-0.39, 0.29) is 0 Å². The lowest BCUT2D eigenvalue weighted by molar-refractivity contribution is 0.489. The van der Waals surface area contributed by atoms with E-state index in [0.717, 1.165) is 31.2 Å². The van der Waals surface area contributed by atoms with Gasteiger partial charge in [-0.2, -0.15) is 0 Å². The minimum absolute atomic E-state index is 0.443. The molecule has 5 heteroatoms. The van der Waals surface area contributed by atoms with Gasteiger partial charge in [0.15, 0.2) is 0 Å². The van der Waals surface area contributed by atoms with E-state index in [1.807, 2.05) is 31.4 Å². The minimum atomic E-state index is 0.443. The maximum absolute atomic E-state index is 5.84. The number of aromatic nitrogens is 2. The smallest absolute Gasteiger partial charge is 0.114 e. The topological polar surface area (TPSA) is 33.4 Å². The van der Waals surface area contributed by atoms with Crippen LogP contribution in [0.3, 0.4) is 0 Å². The molecule has 90 valence electrons. The van der Waals surface area contributed by atoms with Crippen molar-refractivity contribution in [1.29, 1.82) is 0 Å². The summed E-state index contributed by atoms with van der Waals surface area (Å²) >= 11 is 5.84. The van der Waals surface area contributed by atoms with Gasteiger partial charge in [0.05, 0.1) is 24.4 Å². The number of nitrogens with zero attached hydrogens (tertiary/aromatic N) is 4. The molecule has 0 aliphatic rings. The average molecular weight is 243 g/mol. The van der Waals surface area contributed by atoms with E-state index in [9.17, 15) is 0 Å². The number of amidine groups is 1. The maximum Gasteiger partial charge on any atom is 0.114 e. The van der Waals surface area contributed by atoms with Gasteiger partial charge >= 0.3 is 0 Å². The fraction of sp³-hybridized carbons (Fsp3) is 0.636. The Hall–Kier alpha value is -1.03. The first-order valence-corrected chi connectivity index (χ1v) is 6.05. The molecule has 0 fully saturated rings. The highest BCUT2D eigenvalue weighted by Crippen LogP contribution is 2.02. The molecule has 0 aliphatic carbocycles. The number of hydrogen-bond donors (Lipinski definition) is 0. The highest BCUT2D eigenvalue weighted by atomic mass is 35.5. The van der Waals surface area contributed by atoms with E-state index < -0.39 is 0 Å². The van der Waals surface area contributed by atoms with Crippen LogP contribution in [-0.4, -0.2) is 39.8 Å². The molecule has 1 aromatic heterocycles. The lowest BCUT2D eigenvalue weighted by Gasteiger charge is -2.18. The third-order valence-electron chi connectivity index (χ3n) is 2.35. The zero-order chi connectivity index (χ0) is 12.0. The average Bonchev–Trinajstić information content (AvgIpc) is 2.73.